The van der Waals surface area contributed by atoms with E-state index in [1.807, 2.05) is 24.6 Å². The van der Waals surface area contributed by atoms with Crippen LogP contribution in [0.4, 0.5) is 0 Å². The molecule has 1 aromatic heterocycles. The average Bonchev–Trinajstić information content (AvgIpc) is 2.79. The molecule has 6 heteroatoms. The van der Waals surface area contributed by atoms with Gasteiger partial charge in [-0.15, -0.1) is 10.2 Å². The summed E-state index contributed by atoms with van der Waals surface area (Å²) in [7, 11) is 1.89. The maximum absolute atomic E-state index is 11.9. The summed E-state index contributed by atoms with van der Waals surface area (Å²) in [5.74, 6) is 1.47. The molecule has 102 valence electrons. The van der Waals surface area contributed by atoms with Crippen molar-refractivity contribution in [2.45, 2.75) is 13.3 Å². The predicted octanol–water partition coefficient (Wildman–Crippen LogP) is 0.968. The van der Waals surface area contributed by atoms with Crippen LogP contribution in [0.1, 0.15) is 27.6 Å². The standard InChI is InChI=1S/C14H15N5O/c1-10-17-18-13(19(10)2)6-7-16-14(20)12-5-3-4-11(8-12)9-15/h3-5,8H,6-7H2,1-2H3,(H,16,20). The Balaban J connectivity index is 1.92. The molecule has 20 heavy (non-hydrogen) atoms. The fourth-order valence-electron chi connectivity index (χ4n) is 1.79. The van der Waals surface area contributed by atoms with Gasteiger partial charge >= 0.3 is 0 Å². The molecule has 0 aliphatic heterocycles. The maximum Gasteiger partial charge on any atom is 0.251 e. The van der Waals surface area contributed by atoms with E-state index in [2.05, 4.69) is 15.5 Å². The fraction of sp³-hybridized carbons (Fsp3) is 0.286. The van der Waals surface area contributed by atoms with Gasteiger partial charge in [0.15, 0.2) is 0 Å². The number of benzene rings is 1. The Hall–Kier alpha value is -2.68. The minimum atomic E-state index is -0.194. The van der Waals surface area contributed by atoms with Crippen molar-refractivity contribution >= 4 is 5.91 Å². The van der Waals surface area contributed by atoms with Gasteiger partial charge in [0.1, 0.15) is 11.6 Å². The Morgan fingerprint density at radius 3 is 2.90 bits per heavy atom. The normalized spacial score (nSPS) is 10.1. The van der Waals surface area contributed by atoms with Crippen molar-refractivity contribution in [2.24, 2.45) is 7.05 Å². The fourth-order valence-corrected chi connectivity index (χ4v) is 1.79. The van der Waals surface area contributed by atoms with Gasteiger partial charge in [0.05, 0.1) is 11.6 Å². The first-order chi connectivity index (χ1) is 9.61. The Labute approximate surface area is 117 Å². The zero-order valence-corrected chi connectivity index (χ0v) is 11.4. The van der Waals surface area contributed by atoms with Gasteiger partial charge < -0.3 is 9.88 Å². The molecule has 0 unspecified atom stereocenters. The number of nitriles is 1. The second kappa shape index (κ2) is 5.97. The summed E-state index contributed by atoms with van der Waals surface area (Å²) in [5.41, 5.74) is 0.958. The summed E-state index contributed by atoms with van der Waals surface area (Å²) in [6, 6.07) is 8.63. The van der Waals surface area contributed by atoms with Gasteiger partial charge in [0.2, 0.25) is 0 Å². The molecule has 0 aliphatic carbocycles. The topological polar surface area (TPSA) is 83.6 Å². The van der Waals surface area contributed by atoms with E-state index in [1.165, 1.54) is 0 Å². The molecular formula is C14H15N5O. The van der Waals surface area contributed by atoms with Crippen molar-refractivity contribution in [1.29, 1.82) is 5.26 Å². The van der Waals surface area contributed by atoms with Gasteiger partial charge in [0.25, 0.3) is 5.91 Å². The second-order valence-corrected chi connectivity index (χ2v) is 4.42. The Kier molecular flexibility index (Phi) is 4.11. The molecule has 6 nitrogen and oxygen atoms in total. The minimum Gasteiger partial charge on any atom is -0.352 e. The number of hydrogen-bond acceptors (Lipinski definition) is 4. The van der Waals surface area contributed by atoms with Gasteiger partial charge in [-0.05, 0) is 25.1 Å². The van der Waals surface area contributed by atoms with Gasteiger partial charge in [-0.2, -0.15) is 5.26 Å². The quantitative estimate of drug-likeness (QED) is 0.896. The van der Waals surface area contributed by atoms with Crippen LogP contribution in [0.3, 0.4) is 0 Å². The van der Waals surface area contributed by atoms with Crippen molar-refractivity contribution in [2.75, 3.05) is 6.54 Å². The third-order valence-electron chi connectivity index (χ3n) is 3.07. The SMILES string of the molecule is Cc1nnc(CCNC(=O)c2cccc(C#N)c2)n1C. The van der Waals surface area contributed by atoms with Crippen molar-refractivity contribution in [1.82, 2.24) is 20.1 Å². The van der Waals surface area contributed by atoms with Crippen LogP contribution >= 0.6 is 0 Å². The van der Waals surface area contributed by atoms with Gasteiger partial charge in [-0.1, -0.05) is 6.07 Å². The van der Waals surface area contributed by atoms with Gasteiger partial charge in [-0.25, -0.2) is 0 Å². The Bertz CT molecular complexity index is 668. The molecule has 1 amide bonds. The minimum absolute atomic E-state index is 0.194. The molecule has 1 N–H and O–H groups in total. The molecule has 0 radical (unpaired) electrons. The number of carbonyl (C=O) groups is 1. The lowest BCUT2D eigenvalue weighted by Gasteiger charge is -2.05. The molecule has 0 saturated carbocycles. The lowest BCUT2D eigenvalue weighted by molar-refractivity contribution is 0.0954. The molecular weight excluding hydrogens is 254 g/mol. The van der Waals surface area contributed by atoms with Crippen LogP contribution in [0.25, 0.3) is 0 Å². The van der Waals surface area contributed by atoms with E-state index in [0.29, 0.717) is 24.1 Å². The van der Waals surface area contributed by atoms with Gasteiger partial charge in [-0.3, -0.25) is 4.79 Å². The highest BCUT2D eigenvalue weighted by Crippen LogP contribution is 2.04. The third-order valence-corrected chi connectivity index (χ3v) is 3.07. The van der Waals surface area contributed by atoms with Crippen molar-refractivity contribution in [3.63, 3.8) is 0 Å². The largest absolute Gasteiger partial charge is 0.352 e. The van der Waals surface area contributed by atoms with Crippen LogP contribution in [0, 0.1) is 18.3 Å². The van der Waals surface area contributed by atoms with Crippen LogP contribution < -0.4 is 5.32 Å². The molecule has 0 fully saturated rings. The van der Waals surface area contributed by atoms with E-state index in [1.54, 1.807) is 24.3 Å². The highest BCUT2D eigenvalue weighted by Gasteiger charge is 2.08. The monoisotopic (exact) mass is 269 g/mol. The van der Waals surface area contributed by atoms with Crippen LogP contribution in [0.5, 0.6) is 0 Å². The Morgan fingerprint density at radius 1 is 1.45 bits per heavy atom. The van der Waals surface area contributed by atoms with Crippen LogP contribution in [-0.4, -0.2) is 27.2 Å². The third kappa shape index (κ3) is 3.01. The highest BCUT2D eigenvalue weighted by atomic mass is 16.1. The first kappa shape index (κ1) is 13.7. The summed E-state index contributed by atoms with van der Waals surface area (Å²) in [6.45, 7) is 2.35. The molecule has 2 aromatic rings. The summed E-state index contributed by atoms with van der Waals surface area (Å²) >= 11 is 0. The number of aromatic nitrogens is 3. The van der Waals surface area contributed by atoms with Crippen molar-refractivity contribution < 1.29 is 4.79 Å². The number of carbonyl (C=O) groups excluding carboxylic acids is 1. The van der Waals surface area contributed by atoms with E-state index in [4.69, 9.17) is 5.26 Å². The molecule has 1 heterocycles. The number of nitrogens with one attached hydrogen (secondary N) is 1. The summed E-state index contributed by atoms with van der Waals surface area (Å²) in [4.78, 5) is 11.9. The molecule has 1 aromatic carbocycles. The number of aryl methyl sites for hydroxylation is 1. The van der Waals surface area contributed by atoms with Gasteiger partial charge in [0, 0.05) is 25.6 Å². The zero-order valence-electron chi connectivity index (χ0n) is 11.4. The number of nitrogens with zero attached hydrogens (tertiary/aromatic N) is 4. The number of rotatable bonds is 4. The Morgan fingerprint density at radius 2 is 2.25 bits per heavy atom. The first-order valence-corrected chi connectivity index (χ1v) is 6.25. The second-order valence-electron chi connectivity index (χ2n) is 4.42. The summed E-state index contributed by atoms with van der Waals surface area (Å²) in [6.07, 6.45) is 0.612. The smallest absolute Gasteiger partial charge is 0.251 e. The lowest BCUT2D eigenvalue weighted by atomic mass is 10.1. The van der Waals surface area contributed by atoms with E-state index in [9.17, 15) is 4.79 Å². The first-order valence-electron chi connectivity index (χ1n) is 6.25. The van der Waals surface area contributed by atoms with Crippen molar-refractivity contribution in [3.05, 3.63) is 47.0 Å². The average molecular weight is 269 g/mol. The van der Waals surface area contributed by atoms with E-state index < -0.39 is 0 Å². The van der Waals surface area contributed by atoms with Crippen LogP contribution in [0.2, 0.25) is 0 Å². The van der Waals surface area contributed by atoms with E-state index >= 15 is 0 Å². The number of amides is 1. The molecule has 0 bridgehead atoms. The summed E-state index contributed by atoms with van der Waals surface area (Å²) < 4.78 is 1.89. The highest BCUT2D eigenvalue weighted by molar-refractivity contribution is 5.94. The maximum atomic E-state index is 11.9. The molecule has 0 saturated heterocycles. The predicted molar refractivity (Wildman–Crippen MR) is 72.9 cm³/mol. The number of hydrogen-bond donors (Lipinski definition) is 1. The van der Waals surface area contributed by atoms with E-state index in [0.717, 1.165) is 11.6 Å². The lowest BCUT2D eigenvalue weighted by Crippen LogP contribution is -2.26. The van der Waals surface area contributed by atoms with E-state index in [-0.39, 0.29) is 5.91 Å². The van der Waals surface area contributed by atoms with Crippen molar-refractivity contribution in [3.8, 4) is 6.07 Å². The van der Waals surface area contributed by atoms with Crippen LogP contribution in [-0.2, 0) is 13.5 Å². The molecule has 0 spiro atoms. The van der Waals surface area contributed by atoms with Crippen LogP contribution in [0.15, 0.2) is 24.3 Å². The summed E-state index contributed by atoms with van der Waals surface area (Å²) in [5, 5.41) is 19.6. The molecule has 0 atom stereocenters. The zero-order chi connectivity index (χ0) is 14.5. The molecule has 2 rings (SSSR count). The molecule has 0 aliphatic rings.